The summed E-state index contributed by atoms with van der Waals surface area (Å²) >= 11 is 5.98. The van der Waals surface area contributed by atoms with Crippen LogP contribution in [0.25, 0.3) is 0 Å². The average molecular weight is 252 g/mol. The molecular weight excluding hydrogens is 238 g/mol. The van der Waals surface area contributed by atoms with E-state index in [9.17, 15) is 0 Å². The second-order valence-corrected chi connectivity index (χ2v) is 4.26. The fraction of sp³-hybridized carbons (Fsp3) is 0.250. The maximum atomic E-state index is 5.98. The third kappa shape index (κ3) is 2.53. The number of nitrogen functional groups attached to an aromatic ring is 1. The van der Waals surface area contributed by atoms with Crippen molar-refractivity contribution in [3.63, 3.8) is 0 Å². The molecule has 17 heavy (non-hydrogen) atoms. The number of aryl methyl sites for hydroxylation is 1. The Kier molecular flexibility index (Phi) is 3.24. The van der Waals surface area contributed by atoms with Gasteiger partial charge in [-0.25, -0.2) is 4.98 Å². The van der Waals surface area contributed by atoms with Gasteiger partial charge in [0.1, 0.15) is 5.75 Å². The Morgan fingerprint density at radius 3 is 2.82 bits per heavy atom. The molecule has 0 spiro atoms. The Labute approximate surface area is 105 Å². The van der Waals surface area contributed by atoms with Gasteiger partial charge in [0.05, 0.1) is 12.8 Å². The van der Waals surface area contributed by atoms with Crippen LogP contribution < -0.4 is 10.5 Å². The molecular formula is C12H14ClN3O. The number of aromatic amines is 1. The molecule has 0 amide bonds. The maximum absolute atomic E-state index is 5.98. The maximum Gasteiger partial charge on any atom is 0.197 e. The van der Waals surface area contributed by atoms with Crippen molar-refractivity contribution in [1.82, 2.24) is 9.97 Å². The SMILES string of the molecule is COc1ccc(Cl)cc1Cc1nc(N)[nH]c1C. The first-order valence-electron chi connectivity index (χ1n) is 5.23. The normalized spacial score (nSPS) is 10.5. The number of hydrogen-bond acceptors (Lipinski definition) is 3. The molecule has 3 N–H and O–H groups in total. The van der Waals surface area contributed by atoms with Crippen molar-refractivity contribution in [1.29, 1.82) is 0 Å². The van der Waals surface area contributed by atoms with Crippen molar-refractivity contribution in [3.8, 4) is 5.75 Å². The highest BCUT2D eigenvalue weighted by molar-refractivity contribution is 6.30. The second-order valence-electron chi connectivity index (χ2n) is 3.83. The summed E-state index contributed by atoms with van der Waals surface area (Å²) in [5, 5.41) is 0.682. The van der Waals surface area contributed by atoms with Gasteiger partial charge < -0.3 is 15.5 Å². The van der Waals surface area contributed by atoms with Crippen LogP contribution in [0.1, 0.15) is 17.0 Å². The van der Waals surface area contributed by atoms with E-state index in [1.165, 1.54) is 0 Å². The summed E-state index contributed by atoms with van der Waals surface area (Å²) in [6.45, 7) is 1.94. The number of nitrogens with one attached hydrogen (secondary N) is 1. The molecule has 1 aromatic carbocycles. The van der Waals surface area contributed by atoms with Crippen molar-refractivity contribution in [2.45, 2.75) is 13.3 Å². The van der Waals surface area contributed by atoms with Crippen LogP contribution in [-0.2, 0) is 6.42 Å². The molecule has 0 radical (unpaired) electrons. The molecule has 0 saturated carbocycles. The number of aromatic nitrogens is 2. The largest absolute Gasteiger partial charge is 0.496 e. The van der Waals surface area contributed by atoms with E-state index in [1.807, 2.05) is 19.1 Å². The molecule has 0 saturated heterocycles. The Bertz CT molecular complexity index is 537. The Morgan fingerprint density at radius 1 is 1.47 bits per heavy atom. The Balaban J connectivity index is 2.35. The number of anilines is 1. The highest BCUT2D eigenvalue weighted by Gasteiger charge is 2.10. The van der Waals surface area contributed by atoms with Gasteiger partial charge in [-0.1, -0.05) is 11.6 Å². The summed E-state index contributed by atoms with van der Waals surface area (Å²) < 4.78 is 5.29. The van der Waals surface area contributed by atoms with Crippen LogP contribution in [0.3, 0.4) is 0 Å². The quantitative estimate of drug-likeness (QED) is 0.881. The molecule has 0 aliphatic heterocycles. The van der Waals surface area contributed by atoms with Gasteiger partial charge in [-0.3, -0.25) is 0 Å². The van der Waals surface area contributed by atoms with Crippen molar-refractivity contribution in [2.75, 3.05) is 12.8 Å². The number of benzene rings is 1. The zero-order valence-corrected chi connectivity index (χ0v) is 10.5. The lowest BCUT2D eigenvalue weighted by atomic mass is 10.1. The topological polar surface area (TPSA) is 63.9 Å². The van der Waals surface area contributed by atoms with Gasteiger partial charge in [0.2, 0.25) is 0 Å². The summed E-state index contributed by atoms with van der Waals surface area (Å²) in [4.78, 5) is 7.21. The minimum Gasteiger partial charge on any atom is -0.496 e. The first kappa shape index (κ1) is 11.8. The van der Waals surface area contributed by atoms with Crippen molar-refractivity contribution >= 4 is 17.5 Å². The van der Waals surface area contributed by atoms with Crippen LogP contribution in [0.5, 0.6) is 5.75 Å². The molecule has 0 aliphatic rings. The van der Waals surface area contributed by atoms with Crippen LogP contribution in [-0.4, -0.2) is 17.1 Å². The lowest BCUT2D eigenvalue weighted by molar-refractivity contribution is 0.410. The lowest BCUT2D eigenvalue weighted by Gasteiger charge is -2.07. The van der Waals surface area contributed by atoms with E-state index in [0.717, 1.165) is 22.7 Å². The van der Waals surface area contributed by atoms with Crippen LogP contribution in [0, 0.1) is 6.92 Å². The first-order valence-corrected chi connectivity index (χ1v) is 5.61. The van der Waals surface area contributed by atoms with Gasteiger partial charge in [0, 0.05) is 22.7 Å². The summed E-state index contributed by atoms with van der Waals surface area (Å²) in [5.74, 6) is 1.23. The van der Waals surface area contributed by atoms with Crippen molar-refractivity contribution < 1.29 is 4.74 Å². The van der Waals surface area contributed by atoms with Crippen molar-refractivity contribution in [2.24, 2.45) is 0 Å². The third-order valence-corrected chi connectivity index (χ3v) is 2.84. The van der Waals surface area contributed by atoms with Crippen LogP contribution in [0.15, 0.2) is 18.2 Å². The van der Waals surface area contributed by atoms with Gasteiger partial charge in [0.15, 0.2) is 5.95 Å². The molecule has 0 bridgehead atoms. The van der Waals surface area contributed by atoms with Gasteiger partial charge in [-0.2, -0.15) is 0 Å². The summed E-state index contributed by atoms with van der Waals surface area (Å²) in [6.07, 6.45) is 0.642. The van der Waals surface area contributed by atoms with E-state index in [2.05, 4.69) is 9.97 Å². The van der Waals surface area contributed by atoms with E-state index in [1.54, 1.807) is 13.2 Å². The number of nitrogens with two attached hydrogens (primary N) is 1. The Morgan fingerprint density at radius 2 is 2.24 bits per heavy atom. The van der Waals surface area contributed by atoms with E-state index in [-0.39, 0.29) is 0 Å². The van der Waals surface area contributed by atoms with Crippen LogP contribution in [0.4, 0.5) is 5.95 Å². The molecule has 0 unspecified atom stereocenters. The number of H-pyrrole nitrogens is 1. The molecule has 0 atom stereocenters. The van der Waals surface area contributed by atoms with Gasteiger partial charge in [-0.05, 0) is 25.1 Å². The molecule has 4 nitrogen and oxygen atoms in total. The molecule has 90 valence electrons. The highest BCUT2D eigenvalue weighted by atomic mass is 35.5. The molecule has 2 aromatic rings. The van der Waals surface area contributed by atoms with E-state index in [4.69, 9.17) is 22.1 Å². The summed E-state index contributed by atoms with van der Waals surface area (Å²) in [7, 11) is 1.64. The third-order valence-electron chi connectivity index (χ3n) is 2.60. The summed E-state index contributed by atoms with van der Waals surface area (Å²) in [6, 6.07) is 5.53. The average Bonchev–Trinajstić information content (AvgIpc) is 2.58. The van der Waals surface area contributed by atoms with Crippen LogP contribution >= 0.6 is 11.6 Å². The molecule has 1 aromatic heterocycles. The molecule has 5 heteroatoms. The molecule has 0 aliphatic carbocycles. The van der Waals surface area contributed by atoms with Gasteiger partial charge in [-0.15, -0.1) is 0 Å². The Hall–Kier alpha value is -1.68. The monoisotopic (exact) mass is 251 g/mol. The number of nitrogens with zero attached hydrogens (tertiary/aromatic N) is 1. The minimum atomic E-state index is 0.429. The molecule has 0 fully saturated rings. The number of rotatable bonds is 3. The zero-order chi connectivity index (χ0) is 12.4. The van der Waals surface area contributed by atoms with E-state index >= 15 is 0 Å². The van der Waals surface area contributed by atoms with Crippen molar-refractivity contribution in [3.05, 3.63) is 40.2 Å². The second kappa shape index (κ2) is 4.67. The van der Waals surface area contributed by atoms with Crippen LogP contribution in [0.2, 0.25) is 5.02 Å². The molecule has 1 heterocycles. The predicted molar refractivity (Wildman–Crippen MR) is 68.5 cm³/mol. The fourth-order valence-corrected chi connectivity index (χ4v) is 1.95. The zero-order valence-electron chi connectivity index (χ0n) is 9.75. The van der Waals surface area contributed by atoms with Gasteiger partial charge >= 0.3 is 0 Å². The number of ether oxygens (including phenoxy) is 1. The predicted octanol–water partition coefficient (Wildman–Crippen LogP) is 2.55. The number of halogens is 1. The lowest BCUT2D eigenvalue weighted by Crippen LogP contribution is -1.96. The highest BCUT2D eigenvalue weighted by Crippen LogP contribution is 2.25. The van der Waals surface area contributed by atoms with E-state index < -0.39 is 0 Å². The number of imidazole rings is 1. The van der Waals surface area contributed by atoms with Gasteiger partial charge in [0.25, 0.3) is 0 Å². The smallest absolute Gasteiger partial charge is 0.197 e. The molecule has 2 rings (SSSR count). The number of hydrogen-bond donors (Lipinski definition) is 2. The fourth-order valence-electron chi connectivity index (χ4n) is 1.76. The van der Waals surface area contributed by atoms with E-state index in [0.29, 0.717) is 17.4 Å². The first-order chi connectivity index (χ1) is 8.10. The number of methoxy groups -OCH3 is 1. The minimum absolute atomic E-state index is 0.429. The standard InChI is InChI=1S/C12H14ClN3O/c1-7-10(16-12(14)15-7)6-8-5-9(13)3-4-11(8)17-2/h3-5H,6H2,1-2H3,(H3,14,15,16). The summed E-state index contributed by atoms with van der Waals surface area (Å²) in [5.41, 5.74) is 8.47.